The maximum atomic E-state index is 9.50. The topological polar surface area (TPSA) is 62.5 Å². The minimum atomic E-state index is -0.344. The van der Waals surface area contributed by atoms with E-state index < -0.39 is 0 Å². The molecule has 0 saturated carbocycles. The third kappa shape index (κ3) is 3.36. The predicted molar refractivity (Wildman–Crippen MR) is 64.0 cm³/mol. The molecule has 1 aromatic rings. The van der Waals surface area contributed by atoms with Gasteiger partial charge in [0.25, 0.3) is 0 Å². The van der Waals surface area contributed by atoms with Gasteiger partial charge in [-0.1, -0.05) is 6.92 Å². The predicted octanol–water partition coefficient (Wildman–Crippen LogP) is 2.46. The quantitative estimate of drug-likeness (QED) is 0.851. The lowest BCUT2D eigenvalue weighted by molar-refractivity contribution is -0.0322. The lowest BCUT2D eigenvalue weighted by atomic mass is 10.1. The zero-order chi connectivity index (χ0) is 12.9. The molecule has 1 atom stereocenters. The molecule has 0 aliphatic carbocycles. The van der Waals surface area contributed by atoms with E-state index in [1.807, 2.05) is 19.9 Å². The molecule has 0 amide bonds. The van der Waals surface area contributed by atoms with Crippen molar-refractivity contribution in [2.24, 2.45) is 0 Å². The largest absolute Gasteiger partial charge is 0.506 e. The van der Waals surface area contributed by atoms with Gasteiger partial charge >= 0.3 is 0 Å². The summed E-state index contributed by atoms with van der Waals surface area (Å²) in [5, 5.41) is 18.2. The fourth-order valence-corrected chi connectivity index (χ4v) is 1.24. The van der Waals surface area contributed by atoms with Gasteiger partial charge in [-0.15, -0.1) is 0 Å². The van der Waals surface area contributed by atoms with E-state index >= 15 is 0 Å². The number of aromatic hydroxyl groups is 1. The van der Waals surface area contributed by atoms with Crippen LogP contribution in [0.4, 0.5) is 0 Å². The molecule has 4 heteroatoms. The first-order chi connectivity index (χ1) is 8.04. The number of phenolic OH excluding ortho intramolecular Hbond substituents is 1. The summed E-state index contributed by atoms with van der Waals surface area (Å²) >= 11 is 0. The van der Waals surface area contributed by atoms with Crippen LogP contribution in [0.15, 0.2) is 18.2 Å². The molecule has 0 heterocycles. The van der Waals surface area contributed by atoms with Crippen LogP contribution >= 0.6 is 0 Å². The normalized spacial score (nSPS) is 13.8. The minimum Gasteiger partial charge on any atom is -0.506 e. The fourth-order valence-electron chi connectivity index (χ4n) is 1.24. The molecule has 1 aromatic carbocycles. The van der Waals surface area contributed by atoms with Crippen LogP contribution in [-0.4, -0.2) is 24.4 Å². The van der Waals surface area contributed by atoms with Crippen molar-refractivity contribution in [3.05, 3.63) is 23.8 Å². The highest BCUT2D eigenvalue weighted by atomic mass is 16.5. The summed E-state index contributed by atoms with van der Waals surface area (Å²) in [6.07, 6.45) is 0.825. The minimum absolute atomic E-state index is 0.0689. The van der Waals surface area contributed by atoms with Gasteiger partial charge in [0.1, 0.15) is 24.2 Å². The van der Waals surface area contributed by atoms with E-state index in [9.17, 15) is 5.11 Å². The Morgan fingerprint density at radius 1 is 1.47 bits per heavy atom. The Bertz CT molecular complexity index is 419. The third-order valence-electron chi connectivity index (χ3n) is 2.87. The Morgan fingerprint density at radius 3 is 2.65 bits per heavy atom. The molecule has 1 rings (SSSR count). The highest BCUT2D eigenvalue weighted by Gasteiger charge is 2.22. The van der Waals surface area contributed by atoms with Gasteiger partial charge in [-0.3, -0.25) is 0 Å². The van der Waals surface area contributed by atoms with Crippen molar-refractivity contribution in [3.63, 3.8) is 0 Å². The zero-order valence-corrected chi connectivity index (χ0v) is 10.4. The molecule has 0 aliphatic rings. The van der Waals surface area contributed by atoms with E-state index in [1.54, 1.807) is 13.2 Å². The Hall–Kier alpha value is -1.73. The fraction of sp³-hybridized carbons (Fsp3) is 0.462. The molecule has 0 fully saturated rings. The number of phenols is 1. The van der Waals surface area contributed by atoms with E-state index in [2.05, 4.69) is 0 Å². The number of hydrogen-bond acceptors (Lipinski definition) is 4. The van der Waals surface area contributed by atoms with E-state index in [0.29, 0.717) is 12.4 Å². The molecule has 17 heavy (non-hydrogen) atoms. The summed E-state index contributed by atoms with van der Waals surface area (Å²) in [5.41, 5.74) is -0.105. The van der Waals surface area contributed by atoms with E-state index in [0.717, 1.165) is 6.42 Å². The van der Waals surface area contributed by atoms with Crippen LogP contribution in [0, 0.1) is 11.3 Å². The van der Waals surface area contributed by atoms with Crippen molar-refractivity contribution in [3.8, 4) is 17.6 Å². The molecule has 1 N–H and O–H groups in total. The van der Waals surface area contributed by atoms with Crippen LogP contribution in [0.2, 0.25) is 0 Å². The summed E-state index contributed by atoms with van der Waals surface area (Å²) in [7, 11) is 1.64. The Labute approximate surface area is 101 Å². The van der Waals surface area contributed by atoms with E-state index in [1.165, 1.54) is 12.1 Å². The second-order valence-electron chi connectivity index (χ2n) is 4.09. The van der Waals surface area contributed by atoms with Gasteiger partial charge < -0.3 is 14.6 Å². The summed E-state index contributed by atoms with van der Waals surface area (Å²) in [6, 6.07) is 6.51. The number of nitrogens with zero attached hydrogens (tertiary/aromatic N) is 1. The van der Waals surface area contributed by atoms with Gasteiger partial charge in [0.15, 0.2) is 0 Å². The van der Waals surface area contributed by atoms with Crippen LogP contribution in [0.5, 0.6) is 11.5 Å². The molecule has 92 valence electrons. The maximum Gasteiger partial charge on any atom is 0.137 e. The lowest BCUT2D eigenvalue weighted by Crippen LogP contribution is -2.33. The second kappa shape index (κ2) is 5.55. The Kier molecular flexibility index (Phi) is 4.36. The van der Waals surface area contributed by atoms with Gasteiger partial charge in [-0.25, -0.2) is 0 Å². The van der Waals surface area contributed by atoms with Crippen molar-refractivity contribution < 1.29 is 14.6 Å². The van der Waals surface area contributed by atoms with Crippen molar-refractivity contribution >= 4 is 0 Å². The summed E-state index contributed by atoms with van der Waals surface area (Å²) in [5.74, 6) is 0.457. The number of rotatable bonds is 5. The van der Waals surface area contributed by atoms with Gasteiger partial charge in [-0.05, 0) is 25.5 Å². The number of benzene rings is 1. The highest BCUT2D eigenvalue weighted by molar-refractivity contribution is 5.46. The van der Waals surface area contributed by atoms with Crippen LogP contribution in [0.25, 0.3) is 0 Å². The maximum absolute atomic E-state index is 9.50. The van der Waals surface area contributed by atoms with Crippen molar-refractivity contribution in [2.45, 2.75) is 25.9 Å². The molecule has 0 spiro atoms. The zero-order valence-electron chi connectivity index (χ0n) is 10.4. The monoisotopic (exact) mass is 235 g/mol. The molecule has 0 radical (unpaired) electrons. The molecular weight excluding hydrogens is 218 g/mol. The van der Waals surface area contributed by atoms with Gasteiger partial charge in [0.2, 0.25) is 0 Å². The first kappa shape index (κ1) is 13.3. The average Bonchev–Trinajstić information content (AvgIpc) is 2.36. The number of ether oxygens (including phenoxy) is 2. The molecule has 0 aliphatic heterocycles. The van der Waals surface area contributed by atoms with E-state index in [4.69, 9.17) is 14.7 Å². The standard InChI is InChI=1S/C13H17NO3/c1-4-13(2,16-3)9-17-11-6-5-10(8-14)12(15)7-11/h5-7,15H,4,9H2,1-3H3. The molecular formula is C13H17NO3. The Balaban J connectivity index is 2.71. The van der Waals surface area contributed by atoms with Crippen LogP contribution < -0.4 is 4.74 Å². The summed E-state index contributed by atoms with van der Waals surface area (Å²) in [6.45, 7) is 4.37. The first-order valence-electron chi connectivity index (χ1n) is 5.45. The van der Waals surface area contributed by atoms with Crippen molar-refractivity contribution in [2.75, 3.05) is 13.7 Å². The first-order valence-corrected chi connectivity index (χ1v) is 5.45. The van der Waals surface area contributed by atoms with Crippen molar-refractivity contribution in [1.82, 2.24) is 0 Å². The van der Waals surface area contributed by atoms with Crippen LogP contribution in [-0.2, 0) is 4.74 Å². The number of hydrogen-bond donors (Lipinski definition) is 1. The molecule has 4 nitrogen and oxygen atoms in total. The SMILES string of the molecule is CCC(C)(COc1ccc(C#N)c(O)c1)OC. The smallest absolute Gasteiger partial charge is 0.137 e. The lowest BCUT2D eigenvalue weighted by Gasteiger charge is -2.26. The summed E-state index contributed by atoms with van der Waals surface area (Å²) < 4.78 is 10.9. The van der Waals surface area contributed by atoms with Crippen LogP contribution in [0.1, 0.15) is 25.8 Å². The average molecular weight is 235 g/mol. The molecule has 0 aromatic heterocycles. The molecule has 0 saturated heterocycles. The Morgan fingerprint density at radius 2 is 2.18 bits per heavy atom. The molecule has 0 bridgehead atoms. The molecule has 1 unspecified atom stereocenters. The van der Waals surface area contributed by atoms with E-state index in [-0.39, 0.29) is 16.9 Å². The van der Waals surface area contributed by atoms with Gasteiger partial charge in [-0.2, -0.15) is 5.26 Å². The number of methoxy groups -OCH3 is 1. The van der Waals surface area contributed by atoms with Crippen LogP contribution in [0.3, 0.4) is 0 Å². The second-order valence-corrected chi connectivity index (χ2v) is 4.09. The van der Waals surface area contributed by atoms with Gasteiger partial charge in [0.05, 0.1) is 11.2 Å². The summed E-state index contributed by atoms with van der Waals surface area (Å²) in [4.78, 5) is 0. The third-order valence-corrected chi connectivity index (χ3v) is 2.87. The highest BCUT2D eigenvalue weighted by Crippen LogP contribution is 2.24. The van der Waals surface area contributed by atoms with Crippen molar-refractivity contribution in [1.29, 1.82) is 5.26 Å². The van der Waals surface area contributed by atoms with Gasteiger partial charge in [0, 0.05) is 13.2 Å². The number of nitriles is 1.